The van der Waals surface area contributed by atoms with Gasteiger partial charge in [0.2, 0.25) is 0 Å². The monoisotopic (exact) mass is 176 g/mol. The number of aromatic amines is 1. The minimum absolute atomic E-state index is 0.0191. The predicted octanol–water partition coefficient (Wildman–Crippen LogP) is 2.91. The minimum Gasteiger partial charge on any atom is -0.285 e. The molecule has 0 spiro atoms. The number of rotatable bonds is 3. The molecule has 0 aliphatic rings. The Hall–Kier alpha value is -1.31. The van der Waals surface area contributed by atoms with Crippen LogP contribution in [0.1, 0.15) is 32.0 Å². The summed E-state index contributed by atoms with van der Waals surface area (Å²) in [5.74, 6) is 0. The minimum atomic E-state index is 0.0191. The van der Waals surface area contributed by atoms with Crippen LogP contribution in [0, 0.1) is 0 Å². The summed E-state index contributed by atoms with van der Waals surface area (Å²) < 4.78 is 0. The van der Waals surface area contributed by atoms with Crippen LogP contribution in [-0.4, -0.2) is 10.2 Å². The molecule has 0 saturated heterocycles. The summed E-state index contributed by atoms with van der Waals surface area (Å²) in [5, 5.41) is 6.96. The molecule has 0 aliphatic carbocycles. The van der Waals surface area contributed by atoms with Crippen LogP contribution < -0.4 is 0 Å². The van der Waals surface area contributed by atoms with Crippen molar-refractivity contribution < 1.29 is 0 Å². The first-order chi connectivity index (χ1) is 6.11. The van der Waals surface area contributed by atoms with Crippen LogP contribution in [0.2, 0.25) is 0 Å². The third kappa shape index (κ3) is 1.89. The number of hydrogen-bond donors (Lipinski definition) is 1. The van der Waals surface area contributed by atoms with Crippen molar-refractivity contribution in [1.82, 2.24) is 10.2 Å². The Morgan fingerprint density at radius 2 is 2.23 bits per heavy atom. The summed E-state index contributed by atoms with van der Waals surface area (Å²) in [5.41, 5.74) is 2.13. The van der Waals surface area contributed by atoms with E-state index in [-0.39, 0.29) is 5.41 Å². The van der Waals surface area contributed by atoms with Crippen LogP contribution in [0.25, 0.3) is 6.08 Å². The highest BCUT2D eigenvalue weighted by Crippen LogP contribution is 2.26. The van der Waals surface area contributed by atoms with E-state index in [4.69, 9.17) is 0 Å². The van der Waals surface area contributed by atoms with Crippen molar-refractivity contribution >= 4 is 6.08 Å². The molecule has 13 heavy (non-hydrogen) atoms. The fraction of sp³-hybridized carbons (Fsp3) is 0.364. The Morgan fingerprint density at radius 1 is 1.54 bits per heavy atom. The quantitative estimate of drug-likeness (QED) is 0.705. The lowest BCUT2D eigenvalue weighted by molar-refractivity contribution is 0.668. The van der Waals surface area contributed by atoms with Crippen LogP contribution in [0.5, 0.6) is 0 Å². The zero-order valence-electron chi connectivity index (χ0n) is 8.46. The number of allylic oxidation sites excluding steroid dienone is 2. The van der Waals surface area contributed by atoms with E-state index in [0.29, 0.717) is 0 Å². The summed E-state index contributed by atoms with van der Waals surface area (Å²) >= 11 is 0. The largest absolute Gasteiger partial charge is 0.285 e. The molecule has 1 N–H and O–H groups in total. The lowest BCUT2D eigenvalue weighted by atomic mass is 9.84. The summed E-state index contributed by atoms with van der Waals surface area (Å²) in [4.78, 5) is 0. The van der Waals surface area contributed by atoms with Gasteiger partial charge in [-0.25, -0.2) is 0 Å². The highest BCUT2D eigenvalue weighted by molar-refractivity contribution is 5.49. The normalized spacial score (nSPS) is 12.2. The van der Waals surface area contributed by atoms with E-state index in [0.717, 1.165) is 5.69 Å². The van der Waals surface area contributed by atoms with Crippen molar-refractivity contribution in [3.63, 3.8) is 0 Å². The molecular weight excluding hydrogens is 160 g/mol. The van der Waals surface area contributed by atoms with Gasteiger partial charge in [0.05, 0.1) is 5.69 Å². The van der Waals surface area contributed by atoms with Gasteiger partial charge in [-0.3, -0.25) is 5.10 Å². The van der Waals surface area contributed by atoms with Gasteiger partial charge in [-0.2, -0.15) is 5.10 Å². The van der Waals surface area contributed by atoms with Gasteiger partial charge in [-0.1, -0.05) is 32.6 Å². The standard InChI is InChI=1S/C11H16N2/c1-5-7-11(3,4)9-8-12-13-10(9)6-2/h5-8H,2H2,1,3-4H3,(H,12,13)/b7-5+. The van der Waals surface area contributed by atoms with Crippen LogP contribution in [0.3, 0.4) is 0 Å². The van der Waals surface area contributed by atoms with E-state index in [9.17, 15) is 0 Å². The van der Waals surface area contributed by atoms with Gasteiger partial charge < -0.3 is 0 Å². The second-order valence-corrected chi connectivity index (χ2v) is 3.61. The zero-order chi connectivity index (χ0) is 9.90. The summed E-state index contributed by atoms with van der Waals surface area (Å²) in [6.07, 6.45) is 7.92. The van der Waals surface area contributed by atoms with Crippen molar-refractivity contribution in [2.24, 2.45) is 0 Å². The Kier molecular flexibility index (Phi) is 2.71. The van der Waals surface area contributed by atoms with E-state index in [1.54, 1.807) is 6.08 Å². The molecule has 0 bridgehead atoms. The molecule has 2 nitrogen and oxygen atoms in total. The molecule has 0 unspecified atom stereocenters. The number of nitrogens with zero attached hydrogens (tertiary/aromatic N) is 1. The second-order valence-electron chi connectivity index (χ2n) is 3.61. The van der Waals surface area contributed by atoms with E-state index in [2.05, 4.69) is 42.8 Å². The van der Waals surface area contributed by atoms with E-state index >= 15 is 0 Å². The third-order valence-corrected chi connectivity index (χ3v) is 2.14. The molecule has 1 aromatic rings. The maximum absolute atomic E-state index is 4.11. The molecule has 0 aromatic carbocycles. The first-order valence-electron chi connectivity index (χ1n) is 4.42. The fourth-order valence-corrected chi connectivity index (χ4v) is 1.48. The molecule has 1 rings (SSSR count). The summed E-state index contributed by atoms with van der Waals surface area (Å²) in [6.45, 7) is 10.1. The Bertz CT molecular complexity index is 319. The van der Waals surface area contributed by atoms with Gasteiger partial charge >= 0.3 is 0 Å². The molecular formula is C11H16N2. The van der Waals surface area contributed by atoms with Gasteiger partial charge in [-0.05, 0) is 13.0 Å². The molecule has 0 fully saturated rings. The number of H-pyrrole nitrogens is 1. The number of aromatic nitrogens is 2. The molecule has 0 aliphatic heterocycles. The number of hydrogen-bond acceptors (Lipinski definition) is 1. The molecule has 0 saturated carbocycles. The highest BCUT2D eigenvalue weighted by Gasteiger charge is 2.20. The average Bonchev–Trinajstić information content (AvgIpc) is 2.51. The van der Waals surface area contributed by atoms with Crippen molar-refractivity contribution in [3.8, 4) is 0 Å². The molecule has 70 valence electrons. The molecule has 0 radical (unpaired) electrons. The van der Waals surface area contributed by atoms with Crippen molar-refractivity contribution in [3.05, 3.63) is 36.2 Å². The smallest absolute Gasteiger partial charge is 0.0883 e. The third-order valence-electron chi connectivity index (χ3n) is 2.14. The topological polar surface area (TPSA) is 28.7 Å². The molecule has 0 amide bonds. The second kappa shape index (κ2) is 3.60. The van der Waals surface area contributed by atoms with Crippen LogP contribution >= 0.6 is 0 Å². The fourth-order valence-electron chi connectivity index (χ4n) is 1.48. The maximum atomic E-state index is 4.11. The SMILES string of the molecule is C=Cc1n[nH]cc1C(C)(C)/C=C/C. The summed E-state index contributed by atoms with van der Waals surface area (Å²) in [6, 6.07) is 0. The van der Waals surface area contributed by atoms with Gasteiger partial charge in [0.1, 0.15) is 0 Å². The lowest BCUT2D eigenvalue weighted by Crippen LogP contribution is -2.13. The van der Waals surface area contributed by atoms with Crippen LogP contribution in [0.15, 0.2) is 24.9 Å². The molecule has 1 aromatic heterocycles. The van der Waals surface area contributed by atoms with Crippen molar-refractivity contribution in [1.29, 1.82) is 0 Å². The number of nitrogens with one attached hydrogen (secondary N) is 1. The van der Waals surface area contributed by atoms with Crippen LogP contribution in [-0.2, 0) is 5.41 Å². The van der Waals surface area contributed by atoms with Crippen molar-refractivity contribution in [2.75, 3.05) is 0 Å². The maximum Gasteiger partial charge on any atom is 0.0883 e. The van der Waals surface area contributed by atoms with Gasteiger partial charge in [0, 0.05) is 17.2 Å². The summed E-state index contributed by atoms with van der Waals surface area (Å²) in [7, 11) is 0. The first-order valence-corrected chi connectivity index (χ1v) is 4.42. The Balaban J connectivity index is 3.12. The van der Waals surface area contributed by atoms with Crippen molar-refractivity contribution in [2.45, 2.75) is 26.2 Å². The average molecular weight is 176 g/mol. The molecule has 2 heteroatoms. The van der Waals surface area contributed by atoms with E-state index in [1.807, 2.05) is 13.1 Å². The van der Waals surface area contributed by atoms with Gasteiger partial charge in [-0.15, -0.1) is 0 Å². The van der Waals surface area contributed by atoms with Gasteiger partial charge in [0.25, 0.3) is 0 Å². The lowest BCUT2D eigenvalue weighted by Gasteiger charge is -2.19. The highest BCUT2D eigenvalue weighted by atomic mass is 15.1. The van der Waals surface area contributed by atoms with Gasteiger partial charge in [0.15, 0.2) is 0 Å². The predicted molar refractivity (Wildman–Crippen MR) is 56.5 cm³/mol. The Morgan fingerprint density at radius 3 is 2.77 bits per heavy atom. The Labute approximate surface area is 79.4 Å². The zero-order valence-corrected chi connectivity index (χ0v) is 8.46. The van der Waals surface area contributed by atoms with E-state index < -0.39 is 0 Å². The van der Waals surface area contributed by atoms with E-state index in [1.165, 1.54) is 5.56 Å². The molecule has 1 heterocycles. The molecule has 0 atom stereocenters. The first kappa shape index (κ1) is 9.78. The van der Waals surface area contributed by atoms with Crippen LogP contribution in [0.4, 0.5) is 0 Å².